The van der Waals surface area contributed by atoms with E-state index >= 15 is 0 Å². The predicted octanol–water partition coefficient (Wildman–Crippen LogP) is 1.12. The van der Waals surface area contributed by atoms with E-state index in [1.54, 1.807) is 24.2 Å². The molecule has 1 aliphatic heterocycles. The first-order chi connectivity index (χ1) is 11.1. The Labute approximate surface area is 135 Å². The molecule has 0 radical (unpaired) electrons. The largest absolute Gasteiger partial charge is 0.387 e. The Morgan fingerprint density at radius 3 is 2.87 bits per heavy atom. The molecule has 0 bridgehead atoms. The molecule has 2 heterocycles. The molecule has 0 saturated carbocycles. The number of H-pyrrole nitrogens is 1. The second kappa shape index (κ2) is 6.52. The second-order valence-corrected chi connectivity index (χ2v) is 6.30. The van der Waals surface area contributed by atoms with Gasteiger partial charge in [-0.1, -0.05) is 30.3 Å². The lowest BCUT2D eigenvalue weighted by Crippen LogP contribution is -2.45. The minimum atomic E-state index is -0.862. The third kappa shape index (κ3) is 3.78. The summed E-state index contributed by atoms with van der Waals surface area (Å²) in [4.78, 5) is 16.0. The molecule has 0 spiro atoms. The molecule has 23 heavy (non-hydrogen) atoms. The molecular formula is C17H22N4O2. The molecule has 1 aliphatic rings. The molecule has 1 aromatic carbocycles. The zero-order chi connectivity index (χ0) is 16.3. The molecule has 1 unspecified atom stereocenters. The molecule has 1 fully saturated rings. The van der Waals surface area contributed by atoms with Crippen molar-refractivity contribution in [1.82, 2.24) is 20.0 Å². The Kier molecular flexibility index (Phi) is 4.45. The first kappa shape index (κ1) is 15.7. The number of hydrogen-bond donors (Lipinski definition) is 2. The van der Waals surface area contributed by atoms with Gasteiger partial charge in [0.1, 0.15) is 5.69 Å². The molecule has 3 rings (SSSR count). The SMILES string of the molecule is CN(CC1(O)CCN(Cc2ccccc2)C1)C(=O)c1ccn[nH]1. The molecule has 6 heteroatoms. The number of nitrogens with zero attached hydrogens (tertiary/aromatic N) is 3. The van der Waals surface area contributed by atoms with E-state index in [0.29, 0.717) is 25.2 Å². The Morgan fingerprint density at radius 2 is 2.17 bits per heavy atom. The number of nitrogens with one attached hydrogen (secondary N) is 1. The number of hydrogen-bond acceptors (Lipinski definition) is 4. The zero-order valence-electron chi connectivity index (χ0n) is 13.3. The van der Waals surface area contributed by atoms with E-state index in [2.05, 4.69) is 27.2 Å². The van der Waals surface area contributed by atoms with Crippen molar-refractivity contribution in [3.05, 3.63) is 53.9 Å². The van der Waals surface area contributed by atoms with Crippen molar-refractivity contribution in [2.24, 2.45) is 0 Å². The van der Waals surface area contributed by atoms with Gasteiger partial charge in [-0.25, -0.2) is 0 Å². The molecule has 122 valence electrons. The van der Waals surface area contributed by atoms with E-state index in [0.717, 1.165) is 13.1 Å². The monoisotopic (exact) mass is 314 g/mol. The molecule has 1 amide bonds. The fourth-order valence-corrected chi connectivity index (χ4v) is 3.14. The third-order valence-corrected chi connectivity index (χ3v) is 4.27. The number of benzene rings is 1. The quantitative estimate of drug-likeness (QED) is 0.867. The molecule has 6 nitrogen and oxygen atoms in total. The van der Waals surface area contributed by atoms with Crippen LogP contribution in [-0.4, -0.2) is 63.3 Å². The van der Waals surface area contributed by atoms with Crippen LogP contribution in [0.1, 0.15) is 22.5 Å². The smallest absolute Gasteiger partial charge is 0.271 e. The summed E-state index contributed by atoms with van der Waals surface area (Å²) in [5.74, 6) is -0.155. The topological polar surface area (TPSA) is 72.5 Å². The molecule has 2 N–H and O–H groups in total. The van der Waals surface area contributed by atoms with Crippen molar-refractivity contribution in [1.29, 1.82) is 0 Å². The van der Waals surface area contributed by atoms with Crippen LogP contribution in [0.5, 0.6) is 0 Å². The van der Waals surface area contributed by atoms with Gasteiger partial charge in [-0.2, -0.15) is 5.10 Å². The van der Waals surface area contributed by atoms with Gasteiger partial charge in [0.15, 0.2) is 0 Å². The van der Waals surface area contributed by atoms with E-state index in [1.165, 1.54) is 5.56 Å². The van der Waals surface area contributed by atoms with Gasteiger partial charge in [0.2, 0.25) is 0 Å². The average molecular weight is 314 g/mol. The maximum Gasteiger partial charge on any atom is 0.271 e. The van der Waals surface area contributed by atoms with Crippen molar-refractivity contribution in [2.45, 2.75) is 18.6 Å². The normalized spacial score (nSPS) is 21.5. The number of aromatic nitrogens is 2. The van der Waals surface area contributed by atoms with Crippen LogP contribution in [0, 0.1) is 0 Å². The summed E-state index contributed by atoms with van der Waals surface area (Å²) in [6.45, 7) is 2.54. The first-order valence-electron chi connectivity index (χ1n) is 7.79. The molecule has 0 aliphatic carbocycles. The van der Waals surface area contributed by atoms with Crippen molar-refractivity contribution in [2.75, 3.05) is 26.7 Å². The maximum atomic E-state index is 12.2. The van der Waals surface area contributed by atoms with Crippen LogP contribution < -0.4 is 0 Å². The standard InChI is InChI=1S/C17H22N4O2/c1-20(16(22)15-7-9-18-19-15)12-17(23)8-10-21(13-17)11-14-5-3-2-4-6-14/h2-7,9,23H,8,10-13H2,1H3,(H,18,19). The van der Waals surface area contributed by atoms with Crippen LogP contribution in [-0.2, 0) is 6.54 Å². The third-order valence-electron chi connectivity index (χ3n) is 4.27. The summed E-state index contributed by atoms with van der Waals surface area (Å²) in [6, 6.07) is 11.9. The van der Waals surface area contributed by atoms with Gasteiger partial charge in [-0.3, -0.25) is 14.8 Å². The minimum absolute atomic E-state index is 0.155. The van der Waals surface area contributed by atoms with Crippen LogP contribution in [0.4, 0.5) is 0 Å². The summed E-state index contributed by atoms with van der Waals surface area (Å²) in [7, 11) is 1.71. The van der Waals surface area contributed by atoms with E-state index in [-0.39, 0.29) is 5.91 Å². The fraction of sp³-hybridized carbons (Fsp3) is 0.412. The fourth-order valence-electron chi connectivity index (χ4n) is 3.14. The number of rotatable bonds is 5. The number of amides is 1. The lowest BCUT2D eigenvalue weighted by molar-refractivity contribution is 0.0168. The average Bonchev–Trinajstić information content (AvgIpc) is 3.18. The lowest BCUT2D eigenvalue weighted by atomic mass is 10.0. The highest BCUT2D eigenvalue weighted by atomic mass is 16.3. The molecule has 2 aromatic rings. The summed E-state index contributed by atoms with van der Waals surface area (Å²) in [5, 5.41) is 17.2. The van der Waals surface area contributed by atoms with E-state index in [4.69, 9.17) is 0 Å². The van der Waals surface area contributed by atoms with Gasteiger partial charge in [0.25, 0.3) is 5.91 Å². The number of β-amino-alcohol motifs (C(OH)–C–C–N with tert-alkyl or cyclic N) is 1. The summed E-state index contributed by atoms with van der Waals surface area (Å²) in [6.07, 6.45) is 2.22. The van der Waals surface area contributed by atoms with Crippen molar-refractivity contribution >= 4 is 5.91 Å². The maximum absolute atomic E-state index is 12.2. The Balaban J connectivity index is 1.57. The van der Waals surface area contributed by atoms with Crippen molar-refractivity contribution < 1.29 is 9.90 Å². The number of likely N-dealkylation sites (tertiary alicyclic amines) is 1. The zero-order valence-corrected chi connectivity index (χ0v) is 13.3. The summed E-state index contributed by atoms with van der Waals surface area (Å²) in [5.41, 5.74) is 0.813. The number of carbonyl (C=O) groups is 1. The van der Waals surface area contributed by atoms with E-state index in [9.17, 15) is 9.90 Å². The van der Waals surface area contributed by atoms with Gasteiger partial charge < -0.3 is 10.0 Å². The van der Waals surface area contributed by atoms with Crippen LogP contribution in [0.15, 0.2) is 42.6 Å². The molecule has 1 atom stereocenters. The summed E-state index contributed by atoms with van der Waals surface area (Å²) < 4.78 is 0. The van der Waals surface area contributed by atoms with Crippen LogP contribution in [0.25, 0.3) is 0 Å². The lowest BCUT2D eigenvalue weighted by Gasteiger charge is -2.29. The number of aromatic amines is 1. The van der Waals surface area contributed by atoms with Gasteiger partial charge in [0, 0.05) is 32.9 Å². The number of carbonyl (C=O) groups excluding carboxylic acids is 1. The molecular weight excluding hydrogens is 292 g/mol. The van der Waals surface area contributed by atoms with Crippen molar-refractivity contribution in [3.63, 3.8) is 0 Å². The van der Waals surface area contributed by atoms with Gasteiger partial charge in [-0.15, -0.1) is 0 Å². The Morgan fingerprint density at radius 1 is 1.39 bits per heavy atom. The Hall–Kier alpha value is -2.18. The van der Waals surface area contributed by atoms with E-state index < -0.39 is 5.60 Å². The van der Waals surface area contributed by atoms with Gasteiger partial charge in [-0.05, 0) is 18.1 Å². The van der Waals surface area contributed by atoms with Crippen LogP contribution in [0.3, 0.4) is 0 Å². The van der Waals surface area contributed by atoms with Crippen molar-refractivity contribution in [3.8, 4) is 0 Å². The number of aliphatic hydroxyl groups is 1. The van der Waals surface area contributed by atoms with Crippen LogP contribution >= 0.6 is 0 Å². The second-order valence-electron chi connectivity index (χ2n) is 6.30. The van der Waals surface area contributed by atoms with Gasteiger partial charge >= 0.3 is 0 Å². The van der Waals surface area contributed by atoms with Gasteiger partial charge in [0.05, 0.1) is 12.1 Å². The van der Waals surface area contributed by atoms with Crippen LogP contribution in [0.2, 0.25) is 0 Å². The Bertz CT molecular complexity index is 644. The molecule has 1 saturated heterocycles. The first-order valence-corrected chi connectivity index (χ1v) is 7.79. The highest BCUT2D eigenvalue weighted by molar-refractivity contribution is 5.92. The van der Waals surface area contributed by atoms with E-state index in [1.807, 2.05) is 18.2 Å². The summed E-state index contributed by atoms with van der Waals surface area (Å²) >= 11 is 0. The predicted molar refractivity (Wildman–Crippen MR) is 86.8 cm³/mol. The highest BCUT2D eigenvalue weighted by Gasteiger charge is 2.38. The highest BCUT2D eigenvalue weighted by Crippen LogP contribution is 2.24. The minimum Gasteiger partial charge on any atom is -0.387 e. The molecule has 1 aromatic heterocycles. The number of likely N-dealkylation sites (N-methyl/N-ethyl adjacent to an activating group) is 1.